The molecular weight excluding hydrogens is 1310 g/mol. The molecule has 108 heavy (non-hydrogen) atoms. The van der Waals surface area contributed by atoms with E-state index in [9.17, 15) is 0 Å². The van der Waals surface area contributed by atoms with Gasteiger partial charge in [0.15, 0.2) is 0 Å². The van der Waals surface area contributed by atoms with E-state index in [1.165, 1.54) is 53.9 Å². The van der Waals surface area contributed by atoms with Crippen LogP contribution in [0.25, 0.3) is 210 Å². The maximum Gasteiger partial charge on any atom is 0.0788 e. The van der Waals surface area contributed by atoms with Crippen LogP contribution in [0.4, 0.5) is 0 Å². The van der Waals surface area contributed by atoms with Crippen LogP contribution in [-0.4, -0.2) is 37.4 Å². The molecule has 8 aromatic heterocycles. The summed E-state index contributed by atoms with van der Waals surface area (Å²) in [5.74, 6) is 0. The second kappa shape index (κ2) is 23.5. The van der Waals surface area contributed by atoms with Crippen LogP contribution in [0.5, 0.6) is 0 Å². The van der Waals surface area contributed by atoms with Gasteiger partial charge in [0.05, 0.1) is 100 Å². The predicted molar refractivity (Wildman–Crippen MR) is 450 cm³/mol. The molecule has 0 radical (unpaired) electrons. The molecule has 8 heterocycles. The minimum atomic E-state index is 0.804. The Morgan fingerprint density at radius 2 is 0.333 bits per heavy atom. The minimum absolute atomic E-state index is 0.804. The zero-order valence-electron chi connectivity index (χ0n) is 58.4. The standard InChI is InChI=1S/C100H62N8/c1-6-28-63(29-7-1)85-59-71(107-93-48-26-20-42-77(93)83-54-51-80-74-39-17-23-45-90(74)104(96(80)99(83)107)68-34-12-4-13-35-68)61-87(101-85)65-56-66(58-70(57-65)106-92-47-25-19-41-76(92)82-53-50-79-73-38-16-22-44-89(73)103(95(79)98(82)106)67-32-10-3-11-33-67)88-62-72(60-86(102-88)64-30-8-2-9-31-64)108-94-49-27-21-43-78(94)84-55-52-81-75-40-18-24-46-91(75)105(97(81)100(84)108)69-36-14-5-15-37-69/h1-62H. The number of fused-ring (bicyclic) bond motifs is 21. The second-order valence-corrected chi connectivity index (χ2v) is 28.4. The van der Waals surface area contributed by atoms with Gasteiger partial charge in [-0.2, -0.15) is 0 Å². The molecule has 0 fully saturated rings. The summed E-state index contributed by atoms with van der Waals surface area (Å²) in [6, 6.07) is 138. The van der Waals surface area contributed by atoms with Gasteiger partial charge in [-0.05, 0) is 115 Å². The molecule has 0 atom stereocenters. The first-order chi connectivity index (χ1) is 53.6. The molecule has 0 bridgehead atoms. The molecule has 0 saturated carbocycles. The summed E-state index contributed by atoms with van der Waals surface area (Å²) in [5, 5.41) is 14.1. The van der Waals surface area contributed by atoms with Crippen molar-refractivity contribution in [3.63, 3.8) is 0 Å². The number of rotatable bonds is 10. The van der Waals surface area contributed by atoms with Crippen LogP contribution in [0.1, 0.15) is 0 Å². The van der Waals surface area contributed by atoms with E-state index >= 15 is 0 Å². The summed E-state index contributed by atoms with van der Waals surface area (Å²) < 4.78 is 15.0. The summed E-state index contributed by atoms with van der Waals surface area (Å²) in [5.41, 5.74) is 26.8. The second-order valence-electron chi connectivity index (χ2n) is 28.4. The lowest BCUT2D eigenvalue weighted by Gasteiger charge is -2.18. The topological polar surface area (TPSA) is 55.4 Å². The Hall–Kier alpha value is -14.6. The summed E-state index contributed by atoms with van der Waals surface area (Å²) in [6.07, 6.45) is 0. The first-order valence-corrected chi connectivity index (χ1v) is 37.0. The maximum absolute atomic E-state index is 5.93. The highest BCUT2D eigenvalue weighted by molar-refractivity contribution is 6.27. The Labute approximate surface area is 619 Å². The Balaban J connectivity index is 0.862. The average Bonchev–Trinajstić information content (AvgIpc) is 1.56. The highest BCUT2D eigenvalue weighted by Crippen LogP contribution is 2.48. The zero-order chi connectivity index (χ0) is 70.7. The average molecular weight is 1380 g/mol. The Morgan fingerprint density at radius 1 is 0.139 bits per heavy atom. The molecule has 8 nitrogen and oxygen atoms in total. The van der Waals surface area contributed by atoms with E-state index in [1.54, 1.807) is 0 Å². The van der Waals surface area contributed by atoms with Crippen LogP contribution < -0.4 is 0 Å². The largest absolute Gasteiger partial charge is 0.307 e. The fourth-order valence-electron chi connectivity index (χ4n) is 18.0. The molecule has 0 aliphatic rings. The summed E-state index contributed by atoms with van der Waals surface area (Å²) in [7, 11) is 0. The number of aromatic nitrogens is 8. The number of nitrogens with zero attached hydrogens (tertiary/aromatic N) is 8. The van der Waals surface area contributed by atoms with Gasteiger partial charge in [-0.3, -0.25) is 0 Å². The summed E-state index contributed by atoms with van der Waals surface area (Å²) in [4.78, 5) is 11.9. The fraction of sp³-hybridized carbons (Fsp3) is 0. The first kappa shape index (κ1) is 59.9. The highest BCUT2D eigenvalue weighted by Gasteiger charge is 2.28. The van der Waals surface area contributed by atoms with Crippen molar-refractivity contribution in [3.05, 3.63) is 376 Å². The predicted octanol–water partition coefficient (Wildman–Crippen LogP) is 25.7. The molecule has 8 heteroatoms. The van der Waals surface area contributed by atoms with Crippen LogP contribution in [0.2, 0.25) is 0 Å². The van der Waals surface area contributed by atoms with Crippen molar-refractivity contribution >= 4 is 131 Å². The van der Waals surface area contributed by atoms with Gasteiger partial charge in [0, 0.05) is 110 Å². The van der Waals surface area contributed by atoms with Crippen molar-refractivity contribution in [2.75, 3.05) is 0 Å². The smallest absolute Gasteiger partial charge is 0.0788 e. The van der Waals surface area contributed by atoms with Crippen LogP contribution in [0.3, 0.4) is 0 Å². The van der Waals surface area contributed by atoms with Crippen molar-refractivity contribution in [3.8, 4) is 79.2 Å². The van der Waals surface area contributed by atoms with Gasteiger partial charge in [-0.25, -0.2) is 9.97 Å². The van der Waals surface area contributed by atoms with Crippen molar-refractivity contribution < 1.29 is 0 Å². The van der Waals surface area contributed by atoms with E-state index in [0.29, 0.717) is 0 Å². The van der Waals surface area contributed by atoms with E-state index in [2.05, 4.69) is 404 Å². The number of hydrogen-bond donors (Lipinski definition) is 0. The summed E-state index contributed by atoms with van der Waals surface area (Å²) >= 11 is 0. The van der Waals surface area contributed by atoms with Crippen molar-refractivity contribution in [1.29, 1.82) is 0 Å². The number of para-hydroxylation sites is 9. The lowest BCUT2D eigenvalue weighted by molar-refractivity contribution is 1.13. The molecule has 15 aromatic carbocycles. The Kier molecular flexibility index (Phi) is 13.0. The molecule has 0 unspecified atom stereocenters. The summed E-state index contributed by atoms with van der Waals surface area (Å²) in [6.45, 7) is 0. The highest BCUT2D eigenvalue weighted by atomic mass is 15.1. The molecule has 0 amide bonds. The van der Waals surface area contributed by atoms with E-state index in [1.807, 2.05) is 0 Å². The quantitative estimate of drug-likeness (QED) is 0.137. The molecule has 502 valence electrons. The Bertz CT molecular complexity index is 7310. The minimum Gasteiger partial charge on any atom is -0.307 e. The lowest BCUT2D eigenvalue weighted by Crippen LogP contribution is -2.03. The molecule has 0 aliphatic heterocycles. The number of pyridine rings is 2. The molecular formula is C100H62N8. The van der Waals surface area contributed by atoms with Crippen molar-refractivity contribution in [1.82, 2.24) is 37.4 Å². The van der Waals surface area contributed by atoms with Crippen LogP contribution >= 0.6 is 0 Å². The monoisotopic (exact) mass is 1370 g/mol. The van der Waals surface area contributed by atoms with Crippen molar-refractivity contribution in [2.24, 2.45) is 0 Å². The maximum atomic E-state index is 5.93. The fourth-order valence-corrected chi connectivity index (χ4v) is 18.0. The van der Waals surface area contributed by atoms with E-state index < -0.39 is 0 Å². The van der Waals surface area contributed by atoms with Gasteiger partial charge in [0.25, 0.3) is 0 Å². The molecule has 0 saturated heterocycles. The normalized spacial score (nSPS) is 12.1. The Morgan fingerprint density at radius 3 is 0.583 bits per heavy atom. The third-order valence-corrected chi connectivity index (χ3v) is 22.5. The third kappa shape index (κ3) is 8.86. The molecule has 0 aliphatic carbocycles. The van der Waals surface area contributed by atoms with Crippen LogP contribution in [0, 0.1) is 0 Å². The molecule has 23 aromatic rings. The van der Waals surface area contributed by atoms with E-state index in [-0.39, 0.29) is 0 Å². The molecule has 0 N–H and O–H groups in total. The van der Waals surface area contributed by atoms with Crippen LogP contribution in [0.15, 0.2) is 376 Å². The van der Waals surface area contributed by atoms with Crippen molar-refractivity contribution in [2.45, 2.75) is 0 Å². The first-order valence-electron chi connectivity index (χ1n) is 37.0. The molecule has 0 spiro atoms. The van der Waals surface area contributed by atoms with Gasteiger partial charge in [0.1, 0.15) is 0 Å². The third-order valence-electron chi connectivity index (χ3n) is 22.5. The van der Waals surface area contributed by atoms with E-state index in [0.717, 1.165) is 156 Å². The van der Waals surface area contributed by atoms with Gasteiger partial charge in [-0.15, -0.1) is 0 Å². The van der Waals surface area contributed by atoms with Gasteiger partial charge < -0.3 is 27.4 Å². The van der Waals surface area contributed by atoms with E-state index in [4.69, 9.17) is 9.97 Å². The lowest BCUT2D eigenvalue weighted by atomic mass is 10.0. The van der Waals surface area contributed by atoms with Crippen LogP contribution in [-0.2, 0) is 0 Å². The number of benzene rings is 15. The van der Waals surface area contributed by atoms with Gasteiger partial charge in [0.2, 0.25) is 0 Å². The number of hydrogen-bond acceptors (Lipinski definition) is 2. The van der Waals surface area contributed by atoms with Gasteiger partial charge >= 0.3 is 0 Å². The SMILES string of the molecule is c1ccc(-c2cc(-n3c4ccccc4c4ccc5c6ccccc6n(-c6ccccc6)c5c43)cc(-c3cc(-c4cc(-n5c6ccccc6c6ccc7c8ccccc8n(-c8ccccc8)c7c65)cc(-c5ccccc5)n4)cc(-n4c5ccccc5c5ccc6c7ccccc7n(-c7ccccc7)c6c54)c3)n2)cc1. The molecule has 23 rings (SSSR count). The zero-order valence-corrected chi connectivity index (χ0v) is 58.4. The van der Waals surface area contributed by atoms with Gasteiger partial charge in [-0.1, -0.05) is 261 Å².